The Labute approximate surface area is 147 Å². The number of carbonyl (C=O) groups excluding carboxylic acids is 2. The van der Waals surface area contributed by atoms with Crippen molar-refractivity contribution in [3.8, 4) is 5.75 Å². The molecule has 0 aliphatic carbocycles. The number of aldehydes is 1. The fourth-order valence-corrected chi connectivity index (χ4v) is 3.00. The van der Waals surface area contributed by atoms with Crippen molar-refractivity contribution in [3.63, 3.8) is 0 Å². The van der Waals surface area contributed by atoms with E-state index in [1.165, 1.54) is 31.2 Å². The summed E-state index contributed by atoms with van der Waals surface area (Å²) in [5.74, 6) is 0.475. The van der Waals surface area contributed by atoms with Gasteiger partial charge in [-0.15, -0.1) is 0 Å². The number of nitrogens with one attached hydrogen (secondary N) is 1. The second kappa shape index (κ2) is 9.80. The van der Waals surface area contributed by atoms with Crippen molar-refractivity contribution in [3.05, 3.63) is 54.1 Å². The van der Waals surface area contributed by atoms with Gasteiger partial charge in [0, 0.05) is 5.56 Å². The maximum Gasteiger partial charge on any atom is 0.150 e. The SMILES string of the molecule is CC(=O)Nc1ccc([As](=O)(O)OO)cc1.COc1cccc(C=O)c1. The summed E-state index contributed by atoms with van der Waals surface area (Å²) in [6.07, 6.45) is 0.794. The molecule has 0 aliphatic heterocycles. The molecule has 0 radical (unpaired) electrons. The van der Waals surface area contributed by atoms with Crippen molar-refractivity contribution in [2.45, 2.75) is 6.92 Å². The molecular formula is C16H18AsNO7. The molecule has 0 aromatic heterocycles. The summed E-state index contributed by atoms with van der Waals surface area (Å²) in [5, 5.41) is 10.7. The zero-order valence-corrected chi connectivity index (χ0v) is 15.5. The number of amides is 1. The minimum absolute atomic E-state index is 0.00438. The zero-order chi connectivity index (χ0) is 18.9. The van der Waals surface area contributed by atoms with E-state index in [9.17, 15) is 13.3 Å². The summed E-state index contributed by atoms with van der Waals surface area (Å²) in [5.41, 5.74) is 1.14. The third-order valence-electron chi connectivity index (χ3n) is 2.85. The Kier molecular flexibility index (Phi) is 8.10. The van der Waals surface area contributed by atoms with Gasteiger partial charge in [0.15, 0.2) is 0 Å². The number of methoxy groups -OCH3 is 1. The van der Waals surface area contributed by atoms with Crippen LogP contribution in [0.2, 0.25) is 0 Å². The molecule has 1 amide bonds. The van der Waals surface area contributed by atoms with E-state index in [-0.39, 0.29) is 10.3 Å². The van der Waals surface area contributed by atoms with Crippen LogP contribution in [0.3, 0.4) is 0 Å². The number of benzene rings is 2. The van der Waals surface area contributed by atoms with Crippen LogP contribution in [0.25, 0.3) is 0 Å². The Morgan fingerprint density at radius 1 is 1.20 bits per heavy atom. The molecule has 9 heteroatoms. The Morgan fingerprint density at radius 2 is 1.84 bits per heavy atom. The maximum absolute atomic E-state index is 11.2. The summed E-state index contributed by atoms with van der Waals surface area (Å²) in [4.78, 5) is 20.9. The van der Waals surface area contributed by atoms with E-state index in [2.05, 4.69) is 9.19 Å². The number of rotatable bonds is 5. The predicted molar refractivity (Wildman–Crippen MR) is 91.1 cm³/mol. The van der Waals surface area contributed by atoms with Gasteiger partial charge in [0.2, 0.25) is 0 Å². The van der Waals surface area contributed by atoms with Gasteiger partial charge in [0.25, 0.3) is 0 Å². The minimum Gasteiger partial charge on any atom is -0.497 e. The van der Waals surface area contributed by atoms with Crippen LogP contribution < -0.4 is 14.4 Å². The predicted octanol–water partition coefficient (Wildman–Crippen LogP) is 1.21. The van der Waals surface area contributed by atoms with Gasteiger partial charge in [-0.1, -0.05) is 12.1 Å². The first-order chi connectivity index (χ1) is 11.8. The summed E-state index contributed by atoms with van der Waals surface area (Å²) in [6.45, 7) is 1.35. The molecule has 2 rings (SSSR count). The van der Waals surface area contributed by atoms with E-state index in [1.807, 2.05) is 0 Å². The average Bonchev–Trinajstić information content (AvgIpc) is 2.62. The minimum atomic E-state index is -4.76. The van der Waals surface area contributed by atoms with Gasteiger partial charge in [-0.25, -0.2) is 0 Å². The molecule has 2 aromatic rings. The van der Waals surface area contributed by atoms with Gasteiger partial charge < -0.3 is 4.74 Å². The Bertz CT molecular complexity index is 761. The van der Waals surface area contributed by atoms with Gasteiger partial charge in [-0.2, -0.15) is 0 Å². The molecule has 0 saturated carbocycles. The number of hydrogen-bond acceptors (Lipinski definition) is 6. The van der Waals surface area contributed by atoms with Crippen LogP contribution in [0.4, 0.5) is 5.69 Å². The van der Waals surface area contributed by atoms with Crippen LogP contribution in [-0.4, -0.2) is 42.8 Å². The molecule has 2 aromatic carbocycles. The van der Waals surface area contributed by atoms with E-state index in [0.29, 0.717) is 17.0 Å². The zero-order valence-electron chi connectivity index (χ0n) is 13.6. The van der Waals surface area contributed by atoms with Crippen molar-refractivity contribution in [1.29, 1.82) is 0 Å². The van der Waals surface area contributed by atoms with Crippen LogP contribution in [0.1, 0.15) is 17.3 Å². The number of hydrogen-bond donors (Lipinski definition) is 3. The molecule has 134 valence electrons. The smallest absolute Gasteiger partial charge is 0.150 e. The van der Waals surface area contributed by atoms with E-state index in [1.54, 1.807) is 31.4 Å². The fourth-order valence-electron chi connectivity index (χ4n) is 1.70. The molecule has 3 N–H and O–H groups in total. The van der Waals surface area contributed by atoms with E-state index in [4.69, 9.17) is 14.1 Å². The van der Waals surface area contributed by atoms with Crippen molar-refractivity contribution >= 4 is 36.4 Å². The Balaban J connectivity index is 0.000000271. The second-order valence-electron chi connectivity index (χ2n) is 4.72. The molecule has 0 spiro atoms. The first-order valence-electron chi connectivity index (χ1n) is 6.95. The molecule has 0 fully saturated rings. The van der Waals surface area contributed by atoms with Crippen molar-refractivity contribution < 1.29 is 31.3 Å². The van der Waals surface area contributed by atoms with Crippen molar-refractivity contribution in [2.24, 2.45) is 0 Å². The number of ether oxygens (including phenoxy) is 1. The normalized spacial score (nSPS) is 12.2. The molecule has 0 heterocycles. The first kappa shape index (κ1) is 20.7. The maximum atomic E-state index is 11.2. The molecule has 0 bridgehead atoms. The second-order valence-corrected chi connectivity index (χ2v) is 8.33. The third-order valence-corrected chi connectivity index (χ3v) is 5.31. The average molecular weight is 411 g/mol. The standard InChI is InChI=1S/C8H10AsNO5.C8H8O2/c1-6(11)10-8-4-2-7(3-5-8)9(12,13)15-14;1-10-8-4-2-3-7(5-8)6-9/h2-5,14H,1H3,(H,10,11)(H,12,13);2-6H,1H3. The molecule has 25 heavy (non-hydrogen) atoms. The van der Waals surface area contributed by atoms with Gasteiger partial charge in [0.1, 0.15) is 12.0 Å². The van der Waals surface area contributed by atoms with E-state index in [0.717, 1.165) is 6.29 Å². The van der Waals surface area contributed by atoms with Crippen LogP contribution in [0.15, 0.2) is 48.5 Å². The van der Waals surface area contributed by atoms with Gasteiger partial charge in [0.05, 0.1) is 7.11 Å². The van der Waals surface area contributed by atoms with E-state index >= 15 is 0 Å². The molecule has 1 atom stereocenters. The summed E-state index contributed by atoms with van der Waals surface area (Å²) in [7, 11) is 1.57. The summed E-state index contributed by atoms with van der Waals surface area (Å²) in [6, 6.07) is 12.5. The topological polar surface area (TPSA) is 122 Å². The first-order valence-corrected chi connectivity index (χ1v) is 10.3. The van der Waals surface area contributed by atoms with Gasteiger partial charge in [-0.3, -0.25) is 4.79 Å². The molecular weight excluding hydrogens is 393 g/mol. The Hall–Kier alpha value is -2.38. The third kappa shape index (κ3) is 6.94. The number of carbonyl (C=O) groups is 2. The van der Waals surface area contributed by atoms with Crippen molar-refractivity contribution in [1.82, 2.24) is 0 Å². The van der Waals surface area contributed by atoms with Crippen LogP contribution in [0, 0.1) is 0 Å². The van der Waals surface area contributed by atoms with E-state index < -0.39 is 14.2 Å². The quantitative estimate of drug-likeness (QED) is 0.293. The monoisotopic (exact) mass is 411 g/mol. The molecule has 0 aliphatic rings. The van der Waals surface area contributed by atoms with Crippen LogP contribution >= 0.6 is 0 Å². The van der Waals surface area contributed by atoms with Crippen molar-refractivity contribution in [2.75, 3.05) is 12.4 Å². The molecule has 0 saturated heterocycles. The summed E-state index contributed by atoms with van der Waals surface area (Å²) >= 11 is -4.76. The van der Waals surface area contributed by atoms with Gasteiger partial charge >= 0.3 is 88.4 Å². The largest absolute Gasteiger partial charge is 0.497 e. The molecule has 1 unspecified atom stereocenters. The van der Waals surface area contributed by atoms with Crippen LogP contribution in [-0.2, 0) is 12.4 Å². The fraction of sp³-hybridized carbons (Fsp3) is 0.125. The van der Waals surface area contributed by atoms with Gasteiger partial charge in [-0.05, 0) is 12.1 Å². The molecule has 8 nitrogen and oxygen atoms in total. The van der Waals surface area contributed by atoms with Crippen LogP contribution in [0.5, 0.6) is 5.75 Å². The number of anilines is 1. The summed E-state index contributed by atoms with van der Waals surface area (Å²) < 4.78 is 28.7. The Morgan fingerprint density at radius 3 is 2.32 bits per heavy atom.